The molecule has 0 saturated heterocycles. The molecule has 94 valence electrons. The lowest BCUT2D eigenvalue weighted by Crippen LogP contribution is -2.24. The Morgan fingerprint density at radius 2 is 1.68 bits per heavy atom. The number of nitrogens with zero attached hydrogens (tertiary/aromatic N) is 2. The summed E-state index contributed by atoms with van der Waals surface area (Å²) in [6.45, 7) is 2.03. The van der Waals surface area contributed by atoms with Gasteiger partial charge in [0.1, 0.15) is 0 Å². The molecule has 0 saturated carbocycles. The first-order chi connectivity index (χ1) is 9.27. The normalized spacial score (nSPS) is 12.5. The van der Waals surface area contributed by atoms with Gasteiger partial charge in [-0.1, -0.05) is 42.5 Å². The van der Waals surface area contributed by atoms with Crippen LogP contribution in [0.15, 0.2) is 65.6 Å². The summed E-state index contributed by atoms with van der Waals surface area (Å²) in [6.07, 6.45) is 1.39. The van der Waals surface area contributed by atoms with Crippen LogP contribution >= 0.6 is 0 Å². The van der Waals surface area contributed by atoms with Gasteiger partial charge in [0.15, 0.2) is 0 Å². The van der Waals surface area contributed by atoms with Gasteiger partial charge in [-0.15, -0.1) is 0 Å². The maximum atomic E-state index is 12.1. The average Bonchev–Trinajstić information content (AvgIpc) is 2.47. The second-order valence-corrected chi connectivity index (χ2v) is 4.54. The van der Waals surface area contributed by atoms with Gasteiger partial charge in [0.2, 0.25) is 0 Å². The third-order valence-electron chi connectivity index (χ3n) is 3.36. The summed E-state index contributed by atoms with van der Waals surface area (Å²) in [5.41, 5.74) is 2.74. The van der Waals surface area contributed by atoms with Crippen molar-refractivity contribution in [2.75, 3.05) is 0 Å². The van der Waals surface area contributed by atoms with Crippen LogP contribution in [-0.4, -0.2) is 9.55 Å². The summed E-state index contributed by atoms with van der Waals surface area (Å²) < 4.78 is 1.79. The topological polar surface area (TPSA) is 34.9 Å². The third-order valence-corrected chi connectivity index (χ3v) is 3.36. The fraction of sp³-hybridized carbons (Fsp3) is 0.125. The van der Waals surface area contributed by atoms with Gasteiger partial charge in [-0.05, 0) is 24.6 Å². The highest BCUT2D eigenvalue weighted by atomic mass is 16.1. The van der Waals surface area contributed by atoms with Gasteiger partial charge >= 0.3 is 0 Å². The van der Waals surface area contributed by atoms with Crippen molar-refractivity contribution in [1.29, 1.82) is 0 Å². The molecule has 0 bridgehead atoms. The molecule has 0 aliphatic heterocycles. The first kappa shape index (κ1) is 11.7. The summed E-state index contributed by atoms with van der Waals surface area (Å²) in [6, 6.07) is 17.7. The molecule has 1 heterocycles. The maximum absolute atomic E-state index is 12.1. The van der Waals surface area contributed by atoms with Gasteiger partial charge in [0.05, 0.1) is 23.3 Å². The number of aromatic nitrogens is 2. The van der Waals surface area contributed by atoms with Gasteiger partial charge in [-0.25, -0.2) is 4.98 Å². The van der Waals surface area contributed by atoms with Crippen LogP contribution in [0, 0.1) is 0 Å². The molecule has 0 N–H and O–H groups in total. The molecule has 2 aromatic carbocycles. The number of hydrogen-bond donors (Lipinski definition) is 0. The Morgan fingerprint density at radius 3 is 2.47 bits per heavy atom. The Bertz CT molecular complexity index is 762. The van der Waals surface area contributed by atoms with E-state index in [-0.39, 0.29) is 11.6 Å². The highest BCUT2D eigenvalue weighted by molar-refractivity contribution is 5.74. The van der Waals surface area contributed by atoms with Crippen molar-refractivity contribution in [2.24, 2.45) is 0 Å². The highest BCUT2D eigenvalue weighted by Gasteiger charge is 2.12. The molecular weight excluding hydrogens is 236 g/mol. The van der Waals surface area contributed by atoms with E-state index in [9.17, 15) is 4.79 Å². The van der Waals surface area contributed by atoms with E-state index >= 15 is 0 Å². The molecule has 0 spiro atoms. The Hall–Kier alpha value is -2.42. The fourth-order valence-electron chi connectivity index (χ4n) is 2.36. The zero-order valence-electron chi connectivity index (χ0n) is 10.7. The summed E-state index contributed by atoms with van der Waals surface area (Å²) >= 11 is 0. The van der Waals surface area contributed by atoms with Crippen LogP contribution < -0.4 is 5.56 Å². The predicted octanol–water partition coefficient (Wildman–Crippen LogP) is 3.01. The van der Waals surface area contributed by atoms with E-state index in [1.165, 1.54) is 6.20 Å². The molecule has 3 nitrogen and oxygen atoms in total. The van der Waals surface area contributed by atoms with Crippen molar-refractivity contribution < 1.29 is 0 Å². The monoisotopic (exact) mass is 250 g/mol. The lowest BCUT2D eigenvalue weighted by Gasteiger charge is -2.17. The molecule has 0 aliphatic carbocycles. The molecule has 3 rings (SSSR count). The van der Waals surface area contributed by atoms with Crippen molar-refractivity contribution in [3.8, 4) is 0 Å². The largest absolute Gasteiger partial charge is 0.298 e. The van der Waals surface area contributed by atoms with E-state index in [0.29, 0.717) is 0 Å². The lowest BCUT2D eigenvalue weighted by molar-refractivity contribution is 0.635. The first-order valence-electron chi connectivity index (χ1n) is 6.28. The molecule has 3 heteroatoms. The third kappa shape index (κ3) is 2.03. The van der Waals surface area contributed by atoms with Crippen LogP contribution in [0.1, 0.15) is 18.5 Å². The molecule has 1 aromatic heterocycles. The van der Waals surface area contributed by atoms with E-state index in [2.05, 4.69) is 4.98 Å². The van der Waals surface area contributed by atoms with Gasteiger partial charge in [0.25, 0.3) is 5.56 Å². The molecule has 0 radical (unpaired) electrons. The molecular formula is C16H14N2O. The quantitative estimate of drug-likeness (QED) is 0.700. The molecule has 3 aromatic rings. The molecule has 1 atom stereocenters. The SMILES string of the molecule is CC(c1ccccc1)n1c(=O)cnc2ccccc21. The van der Waals surface area contributed by atoms with Crippen molar-refractivity contribution in [3.63, 3.8) is 0 Å². The summed E-state index contributed by atoms with van der Waals surface area (Å²) in [5.74, 6) is 0. The standard InChI is InChI=1S/C16H14N2O/c1-12(13-7-3-2-4-8-13)18-15-10-6-5-9-14(15)17-11-16(18)19/h2-12H,1H3. The predicted molar refractivity (Wildman–Crippen MR) is 76.3 cm³/mol. The number of hydrogen-bond acceptors (Lipinski definition) is 2. The molecule has 1 unspecified atom stereocenters. The summed E-state index contributed by atoms with van der Waals surface area (Å²) in [7, 11) is 0. The Labute approximate surface area is 111 Å². The van der Waals surface area contributed by atoms with E-state index in [4.69, 9.17) is 0 Å². The molecule has 0 amide bonds. The van der Waals surface area contributed by atoms with Crippen molar-refractivity contribution in [1.82, 2.24) is 9.55 Å². The number of para-hydroxylation sites is 2. The van der Waals surface area contributed by atoms with Gasteiger partial charge < -0.3 is 0 Å². The summed E-state index contributed by atoms with van der Waals surface area (Å²) in [4.78, 5) is 16.3. The van der Waals surface area contributed by atoms with E-state index < -0.39 is 0 Å². The Balaban J connectivity index is 2.25. The maximum Gasteiger partial charge on any atom is 0.270 e. The summed E-state index contributed by atoms with van der Waals surface area (Å²) in [5, 5.41) is 0. The molecule has 0 aliphatic rings. The zero-order chi connectivity index (χ0) is 13.2. The second kappa shape index (κ2) is 4.69. The van der Waals surface area contributed by atoms with E-state index in [1.54, 1.807) is 4.57 Å². The van der Waals surface area contributed by atoms with Crippen molar-refractivity contribution >= 4 is 11.0 Å². The minimum atomic E-state index is -0.0740. The van der Waals surface area contributed by atoms with Crippen LogP contribution in [0.25, 0.3) is 11.0 Å². The van der Waals surface area contributed by atoms with Crippen LogP contribution in [0.3, 0.4) is 0 Å². The number of rotatable bonds is 2. The average molecular weight is 250 g/mol. The number of fused-ring (bicyclic) bond motifs is 1. The van der Waals surface area contributed by atoms with Crippen LogP contribution in [0.2, 0.25) is 0 Å². The van der Waals surface area contributed by atoms with Gasteiger partial charge in [0, 0.05) is 0 Å². The number of benzene rings is 2. The Kier molecular flexibility index (Phi) is 2.88. The molecule has 0 fully saturated rings. The van der Waals surface area contributed by atoms with Crippen LogP contribution in [-0.2, 0) is 0 Å². The zero-order valence-corrected chi connectivity index (χ0v) is 10.7. The first-order valence-corrected chi connectivity index (χ1v) is 6.28. The van der Waals surface area contributed by atoms with Gasteiger partial charge in [-0.2, -0.15) is 0 Å². The van der Waals surface area contributed by atoms with E-state index in [0.717, 1.165) is 16.6 Å². The smallest absolute Gasteiger partial charge is 0.270 e. The minimum absolute atomic E-state index is 0.0124. The minimum Gasteiger partial charge on any atom is -0.298 e. The van der Waals surface area contributed by atoms with Gasteiger partial charge in [-0.3, -0.25) is 9.36 Å². The Morgan fingerprint density at radius 1 is 1.00 bits per heavy atom. The fourth-order valence-corrected chi connectivity index (χ4v) is 2.36. The molecule has 19 heavy (non-hydrogen) atoms. The highest BCUT2D eigenvalue weighted by Crippen LogP contribution is 2.19. The van der Waals surface area contributed by atoms with Crippen LogP contribution in [0.4, 0.5) is 0 Å². The lowest BCUT2D eigenvalue weighted by atomic mass is 10.1. The van der Waals surface area contributed by atoms with Crippen LogP contribution in [0.5, 0.6) is 0 Å². The van der Waals surface area contributed by atoms with E-state index in [1.807, 2.05) is 61.5 Å². The van der Waals surface area contributed by atoms with Crippen molar-refractivity contribution in [3.05, 3.63) is 76.7 Å². The second-order valence-electron chi connectivity index (χ2n) is 4.54. The van der Waals surface area contributed by atoms with Crippen molar-refractivity contribution in [2.45, 2.75) is 13.0 Å².